The molecule has 0 atom stereocenters. The Hall–Kier alpha value is -2.43. The van der Waals surface area contributed by atoms with Crippen molar-refractivity contribution in [1.82, 2.24) is 9.80 Å². The number of carbonyl (C=O) groups is 3. The van der Waals surface area contributed by atoms with Gasteiger partial charge in [0.2, 0.25) is 0 Å². The predicted molar refractivity (Wildman–Crippen MR) is 127 cm³/mol. The third-order valence-electron chi connectivity index (χ3n) is 5.63. The molecule has 3 rings (SSSR count). The molecular weight excluding hydrogens is 442 g/mol. The fourth-order valence-electron chi connectivity index (χ4n) is 3.65. The SMILES string of the molecule is NCC(=O)c1ccc(C(=O)CCc2ccc(C(=O)N3CCN(CCOCCO)CC3)cc2)s1. The molecule has 1 aromatic carbocycles. The Morgan fingerprint density at radius 3 is 2.24 bits per heavy atom. The minimum atomic E-state index is -0.159. The largest absolute Gasteiger partial charge is 0.394 e. The van der Waals surface area contributed by atoms with Crippen LogP contribution in [0.5, 0.6) is 0 Å². The average Bonchev–Trinajstić information content (AvgIpc) is 3.35. The van der Waals surface area contributed by atoms with Crippen LogP contribution in [0.3, 0.4) is 0 Å². The van der Waals surface area contributed by atoms with Crippen LogP contribution in [0.2, 0.25) is 0 Å². The van der Waals surface area contributed by atoms with Crippen LogP contribution in [0, 0.1) is 0 Å². The third-order valence-corrected chi connectivity index (χ3v) is 6.80. The van der Waals surface area contributed by atoms with Crippen LogP contribution >= 0.6 is 11.3 Å². The zero-order valence-electron chi connectivity index (χ0n) is 18.7. The number of aliphatic hydroxyl groups excluding tert-OH is 1. The monoisotopic (exact) mass is 473 g/mol. The minimum absolute atomic E-state index is 0.00384. The van der Waals surface area contributed by atoms with Crippen molar-refractivity contribution in [2.45, 2.75) is 12.8 Å². The Bertz CT molecular complexity index is 936. The smallest absolute Gasteiger partial charge is 0.253 e. The first-order valence-electron chi connectivity index (χ1n) is 11.2. The fourth-order valence-corrected chi connectivity index (χ4v) is 4.57. The van der Waals surface area contributed by atoms with Crippen molar-refractivity contribution in [3.63, 3.8) is 0 Å². The molecule has 0 unspecified atom stereocenters. The molecule has 8 nitrogen and oxygen atoms in total. The normalized spacial score (nSPS) is 14.4. The maximum absolute atomic E-state index is 12.8. The van der Waals surface area contributed by atoms with E-state index in [0.29, 0.717) is 54.5 Å². The van der Waals surface area contributed by atoms with Gasteiger partial charge in [-0.05, 0) is 36.2 Å². The highest BCUT2D eigenvalue weighted by Gasteiger charge is 2.22. The second-order valence-corrected chi connectivity index (χ2v) is 8.96. The van der Waals surface area contributed by atoms with E-state index in [1.807, 2.05) is 29.2 Å². The van der Waals surface area contributed by atoms with Gasteiger partial charge in [0.1, 0.15) is 0 Å². The van der Waals surface area contributed by atoms with Gasteiger partial charge >= 0.3 is 0 Å². The number of thiophene rings is 1. The summed E-state index contributed by atoms with van der Waals surface area (Å²) in [5.74, 6) is -0.145. The number of benzene rings is 1. The maximum atomic E-state index is 12.8. The summed E-state index contributed by atoms with van der Waals surface area (Å²) in [5.41, 5.74) is 7.00. The number of nitrogens with two attached hydrogens (primary N) is 1. The summed E-state index contributed by atoms with van der Waals surface area (Å²) in [7, 11) is 0. The molecule has 1 aliphatic rings. The van der Waals surface area contributed by atoms with Crippen molar-refractivity contribution in [2.24, 2.45) is 5.73 Å². The van der Waals surface area contributed by atoms with E-state index in [0.717, 1.165) is 25.2 Å². The van der Waals surface area contributed by atoms with Crippen molar-refractivity contribution < 1.29 is 24.2 Å². The van der Waals surface area contributed by atoms with Gasteiger partial charge in [0.15, 0.2) is 11.6 Å². The first-order valence-corrected chi connectivity index (χ1v) is 12.0. The lowest BCUT2D eigenvalue weighted by Gasteiger charge is -2.34. The number of Topliss-reactive ketones (excluding diaryl/α,β-unsaturated/α-hetero) is 2. The number of amides is 1. The first kappa shape index (κ1) is 25.2. The van der Waals surface area contributed by atoms with Crippen LogP contribution in [0.1, 0.15) is 41.7 Å². The summed E-state index contributed by atoms with van der Waals surface area (Å²) in [6, 6.07) is 10.8. The van der Waals surface area contributed by atoms with Gasteiger partial charge in [0.25, 0.3) is 5.91 Å². The van der Waals surface area contributed by atoms with E-state index in [4.69, 9.17) is 15.6 Å². The summed E-state index contributed by atoms with van der Waals surface area (Å²) in [4.78, 5) is 42.1. The molecule has 3 N–H and O–H groups in total. The van der Waals surface area contributed by atoms with Crippen molar-refractivity contribution in [2.75, 3.05) is 59.1 Å². The summed E-state index contributed by atoms with van der Waals surface area (Å²) in [5, 5.41) is 8.74. The van der Waals surface area contributed by atoms with Gasteiger partial charge in [-0.25, -0.2) is 0 Å². The Balaban J connectivity index is 1.44. The Morgan fingerprint density at radius 2 is 1.61 bits per heavy atom. The van der Waals surface area contributed by atoms with E-state index < -0.39 is 0 Å². The van der Waals surface area contributed by atoms with Crippen LogP contribution in [0.4, 0.5) is 0 Å². The number of piperazine rings is 1. The lowest BCUT2D eigenvalue weighted by Crippen LogP contribution is -2.49. The maximum Gasteiger partial charge on any atom is 0.253 e. The molecule has 0 aliphatic carbocycles. The molecule has 9 heteroatoms. The number of ether oxygens (including phenoxy) is 1. The van der Waals surface area contributed by atoms with E-state index in [-0.39, 0.29) is 30.6 Å². The van der Waals surface area contributed by atoms with Crippen molar-refractivity contribution in [1.29, 1.82) is 0 Å². The highest BCUT2D eigenvalue weighted by molar-refractivity contribution is 7.16. The standard InChI is InChI=1S/C24H31N3O5S/c25-17-21(30)23-8-7-22(33-23)20(29)6-3-18-1-4-19(5-2-18)24(31)27-11-9-26(10-12-27)13-15-32-16-14-28/h1-2,4-5,7-8,28H,3,6,9-17,25H2. The summed E-state index contributed by atoms with van der Waals surface area (Å²) < 4.78 is 5.30. The zero-order chi connectivity index (χ0) is 23.6. The summed E-state index contributed by atoms with van der Waals surface area (Å²) >= 11 is 1.19. The van der Waals surface area contributed by atoms with Gasteiger partial charge < -0.3 is 20.5 Å². The number of aryl methyl sites for hydroxylation is 1. The number of carbonyl (C=O) groups excluding carboxylic acids is 3. The molecule has 0 bridgehead atoms. The molecule has 33 heavy (non-hydrogen) atoms. The molecule has 178 valence electrons. The number of aliphatic hydroxyl groups is 1. The zero-order valence-corrected chi connectivity index (χ0v) is 19.5. The van der Waals surface area contributed by atoms with Crippen LogP contribution < -0.4 is 5.73 Å². The van der Waals surface area contributed by atoms with Gasteiger partial charge in [0, 0.05) is 44.7 Å². The van der Waals surface area contributed by atoms with Crippen LogP contribution in [0.25, 0.3) is 0 Å². The Labute approximate surface area is 197 Å². The summed E-state index contributed by atoms with van der Waals surface area (Å²) in [6.45, 7) is 4.65. The number of hydrogen-bond donors (Lipinski definition) is 2. The molecule has 0 radical (unpaired) electrons. The second kappa shape index (κ2) is 12.7. The molecule has 2 heterocycles. The molecule has 1 fully saturated rings. The minimum Gasteiger partial charge on any atom is -0.394 e. The molecule has 1 amide bonds. The van der Waals surface area contributed by atoms with Crippen LogP contribution in [-0.2, 0) is 11.2 Å². The van der Waals surface area contributed by atoms with E-state index in [9.17, 15) is 14.4 Å². The lowest BCUT2D eigenvalue weighted by atomic mass is 10.0. The van der Waals surface area contributed by atoms with Crippen molar-refractivity contribution >= 4 is 28.8 Å². The van der Waals surface area contributed by atoms with Crippen molar-refractivity contribution in [3.8, 4) is 0 Å². The van der Waals surface area contributed by atoms with Gasteiger partial charge in [0.05, 0.1) is 36.1 Å². The molecule has 1 saturated heterocycles. The fraction of sp³-hybridized carbons (Fsp3) is 0.458. The Morgan fingerprint density at radius 1 is 0.939 bits per heavy atom. The van der Waals surface area contributed by atoms with Crippen LogP contribution in [-0.4, -0.2) is 91.5 Å². The predicted octanol–water partition coefficient (Wildman–Crippen LogP) is 1.47. The second-order valence-electron chi connectivity index (χ2n) is 7.88. The molecule has 0 spiro atoms. The van der Waals surface area contributed by atoms with E-state index in [2.05, 4.69) is 4.90 Å². The average molecular weight is 474 g/mol. The quantitative estimate of drug-likeness (QED) is 0.355. The van der Waals surface area contributed by atoms with Crippen LogP contribution in [0.15, 0.2) is 36.4 Å². The molecule has 1 aromatic heterocycles. The Kier molecular flexibility index (Phi) is 9.71. The van der Waals surface area contributed by atoms with Gasteiger partial charge in [-0.1, -0.05) is 12.1 Å². The van der Waals surface area contributed by atoms with E-state index >= 15 is 0 Å². The molecule has 0 saturated carbocycles. The molecule has 2 aromatic rings. The number of hydrogen-bond acceptors (Lipinski definition) is 8. The lowest BCUT2D eigenvalue weighted by molar-refractivity contribution is 0.0486. The van der Waals surface area contributed by atoms with E-state index in [1.165, 1.54) is 11.3 Å². The summed E-state index contributed by atoms with van der Waals surface area (Å²) in [6.07, 6.45) is 0.913. The van der Waals surface area contributed by atoms with Gasteiger partial charge in [-0.3, -0.25) is 19.3 Å². The van der Waals surface area contributed by atoms with E-state index in [1.54, 1.807) is 12.1 Å². The highest BCUT2D eigenvalue weighted by Crippen LogP contribution is 2.20. The number of ketones is 2. The topological polar surface area (TPSA) is 113 Å². The molecule has 1 aliphatic heterocycles. The van der Waals surface area contributed by atoms with Gasteiger partial charge in [-0.15, -0.1) is 11.3 Å². The number of nitrogens with zero attached hydrogens (tertiary/aromatic N) is 2. The van der Waals surface area contributed by atoms with Gasteiger partial charge in [-0.2, -0.15) is 0 Å². The third kappa shape index (κ3) is 7.28. The highest BCUT2D eigenvalue weighted by atomic mass is 32.1. The van der Waals surface area contributed by atoms with Crippen molar-refractivity contribution in [3.05, 3.63) is 57.3 Å². The number of rotatable bonds is 12. The first-order chi connectivity index (χ1) is 16.0. The molecular formula is C24H31N3O5S.